The number of rotatable bonds is 9. The molecule has 0 heterocycles. The average molecular weight is 411 g/mol. The van der Waals surface area contributed by atoms with Gasteiger partial charge in [0.1, 0.15) is 5.75 Å². The summed E-state index contributed by atoms with van der Waals surface area (Å²) >= 11 is 0. The third-order valence-electron chi connectivity index (χ3n) is 4.12. The molecule has 150 valence electrons. The summed E-state index contributed by atoms with van der Waals surface area (Å²) in [7, 11) is 0. The molecule has 2 aromatic rings. The van der Waals surface area contributed by atoms with Gasteiger partial charge in [0.05, 0.1) is 0 Å². The van der Waals surface area contributed by atoms with Crippen LogP contribution >= 0.6 is 24.8 Å². The van der Waals surface area contributed by atoms with Crippen LogP contribution in [0, 0.1) is 5.92 Å². The Bertz CT molecular complexity index is 645. The van der Waals surface area contributed by atoms with Gasteiger partial charge in [-0.1, -0.05) is 68.5 Å². The van der Waals surface area contributed by atoms with E-state index in [-0.39, 0.29) is 30.9 Å². The highest BCUT2D eigenvalue weighted by molar-refractivity contribution is 5.85. The molecule has 0 aromatic heterocycles. The van der Waals surface area contributed by atoms with Crippen molar-refractivity contribution in [2.24, 2.45) is 11.7 Å². The lowest BCUT2D eigenvalue weighted by atomic mass is 10.0. The first kappa shape index (κ1) is 25.5. The second kappa shape index (κ2) is 13.6. The smallest absolute Gasteiger partial charge is 0.115 e. The minimum Gasteiger partial charge on any atom is -0.508 e. The zero-order chi connectivity index (χ0) is 18.1. The number of halogens is 2. The lowest BCUT2D eigenvalue weighted by molar-refractivity contribution is 0.453. The van der Waals surface area contributed by atoms with E-state index in [0.29, 0.717) is 17.7 Å². The Hall–Kier alpha value is -1.52. The lowest BCUT2D eigenvalue weighted by Crippen LogP contribution is -2.40. The number of hydrogen-bond donors (Lipinski definition) is 3. The van der Waals surface area contributed by atoms with Gasteiger partial charge in [0.15, 0.2) is 0 Å². The maximum Gasteiger partial charge on any atom is 0.115 e. The summed E-state index contributed by atoms with van der Waals surface area (Å²) in [5.41, 5.74) is 8.64. The molecule has 2 rings (SSSR count). The van der Waals surface area contributed by atoms with E-state index in [0.717, 1.165) is 24.9 Å². The second-order valence-electron chi connectivity index (χ2n) is 7.04. The molecule has 2 aromatic carbocycles. The number of hydrogen-bond acceptors (Lipinski definition) is 3. The molecule has 0 aliphatic carbocycles. The Morgan fingerprint density at radius 3 is 2.22 bits per heavy atom. The average Bonchev–Trinajstić information content (AvgIpc) is 2.60. The van der Waals surface area contributed by atoms with Gasteiger partial charge in [-0.25, -0.2) is 0 Å². The lowest BCUT2D eigenvalue weighted by Gasteiger charge is -2.20. The molecule has 0 spiro atoms. The molecule has 27 heavy (non-hydrogen) atoms. The minimum absolute atomic E-state index is 0. The van der Waals surface area contributed by atoms with E-state index in [1.54, 1.807) is 12.1 Å². The van der Waals surface area contributed by atoms with Crippen LogP contribution in [0.2, 0.25) is 0 Å². The first-order valence-corrected chi connectivity index (χ1v) is 9.03. The topological polar surface area (TPSA) is 58.3 Å². The number of phenolic OH excluding ortho intramolecular Hbond substituents is 1. The Labute approximate surface area is 175 Å². The summed E-state index contributed by atoms with van der Waals surface area (Å²) in [6.07, 6.45) is 6.29. The Morgan fingerprint density at radius 2 is 1.63 bits per heavy atom. The summed E-state index contributed by atoms with van der Waals surface area (Å²) in [4.78, 5) is 0. The first-order chi connectivity index (χ1) is 12.0. The molecule has 0 amide bonds. The molecular formula is C22H32Cl2N2O. The van der Waals surface area contributed by atoms with Gasteiger partial charge in [-0.15, -0.1) is 24.8 Å². The standard InChI is InChI=1S/C22H30N2O.2ClH/c1-17(2)14-21(11-8-18-6-4-3-5-7-18)24-16-20(23)15-19-9-12-22(25)13-10-19;;/h3-13,17,20-21,24-25H,14-16,23H2,1-2H3;2*1H/b11-8+;;/t20-,21-;;/m1../s1. The van der Waals surface area contributed by atoms with E-state index >= 15 is 0 Å². The van der Waals surface area contributed by atoms with Gasteiger partial charge >= 0.3 is 0 Å². The maximum absolute atomic E-state index is 9.35. The highest BCUT2D eigenvalue weighted by Gasteiger charge is 2.10. The molecule has 0 saturated heterocycles. The monoisotopic (exact) mass is 410 g/mol. The summed E-state index contributed by atoms with van der Waals surface area (Å²) in [5.74, 6) is 0.907. The molecule has 0 fully saturated rings. The SMILES string of the molecule is CC(C)C[C@@H](/C=C/c1ccccc1)NC[C@H](N)Cc1ccc(O)cc1.Cl.Cl. The number of benzene rings is 2. The van der Waals surface area contributed by atoms with Crippen LogP contribution in [0.1, 0.15) is 31.4 Å². The van der Waals surface area contributed by atoms with Gasteiger partial charge in [0.25, 0.3) is 0 Å². The van der Waals surface area contributed by atoms with Gasteiger partial charge in [-0.2, -0.15) is 0 Å². The van der Waals surface area contributed by atoms with E-state index in [4.69, 9.17) is 5.73 Å². The van der Waals surface area contributed by atoms with Crippen LogP contribution in [-0.4, -0.2) is 23.7 Å². The molecular weight excluding hydrogens is 379 g/mol. The van der Waals surface area contributed by atoms with Gasteiger partial charge in [0.2, 0.25) is 0 Å². The Balaban J connectivity index is 0.00000338. The van der Waals surface area contributed by atoms with E-state index < -0.39 is 0 Å². The number of aromatic hydroxyl groups is 1. The molecule has 4 N–H and O–H groups in total. The first-order valence-electron chi connectivity index (χ1n) is 9.03. The van der Waals surface area contributed by atoms with Gasteiger partial charge in [-0.3, -0.25) is 0 Å². The van der Waals surface area contributed by atoms with E-state index in [9.17, 15) is 5.11 Å². The zero-order valence-corrected chi connectivity index (χ0v) is 17.7. The predicted molar refractivity (Wildman–Crippen MR) is 121 cm³/mol. The molecule has 0 radical (unpaired) electrons. The summed E-state index contributed by atoms with van der Waals surface area (Å²) in [6, 6.07) is 18.0. The molecule has 5 heteroatoms. The van der Waals surface area contributed by atoms with E-state index in [2.05, 4.69) is 55.6 Å². The van der Waals surface area contributed by atoms with Crippen LogP contribution in [0.3, 0.4) is 0 Å². The van der Waals surface area contributed by atoms with Crippen LogP contribution in [0.5, 0.6) is 5.75 Å². The molecule has 0 aliphatic heterocycles. The number of nitrogens with one attached hydrogen (secondary N) is 1. The third kappa shape index (κ3) is 10.4. The maximum atomic E-state index is 9.35. The molecule has 0 bridgehead atoms. The number of nitrogens with two attached hydrogens (primary N) is 1. The summed E-state index contributed by atoms with van der Waals surface area (Å²) < 4.78 is 0. The van der Waals surface area contributed by atoms with Crippen molar-refractivity contribution in [1.29, 1.82) is 0 Å². The normalized spacial score (nSPS) is 13.0. The van der Waals surface area contributed by atoms with Gasteiger partial charge in [0, 0.05) is 18.6 Å². The van der Waals surface area contributed by atoms with Gasteiger partial charge < -0.3 is 16.2 Å². The molecule has 2 atom stereocenters. The van der Waals surface area contributed by atoms with Crippen molar-refractivity contribution in [1.82, 2.24) is 5.32 Å². The Kier molecular flexibility index (Phi) is 12.9. The predicted octanol–water partition coefficient (Wildman–Crippen LogP) is 4.82. The quantitative estimate of drug-likeness (QED) is 0.554. The molecule has 0 saturated carbocycles. The zero-order valence-electron chi connectivity index (χ0n) is 16.0. The van der Waals surface area contributed by atoms with E-state index in [1.165, 1.54) is 5.56 Å². The third-order valence-corrected chi connectivity index (χ3v) is 4.12. The highest BCUT2D eigenvalue weighted by Crippen LogP contribution is 2.12. The number of phenols is 1. The van der Waals surface area contributed by atoms with Crippen molar-refractivity contribution in [3.63, 3.8) is 0 Å². The van der Waals surface area contributed by atoms with Crippen molar-refractivity contribution >= 4 is 30.9 Å². The fraction of sp³-hybridized carbons (Fsp3) is 0.364. The van der Waals surface area contributed by atoms with Crippen LogP contribution < -0.4 is 11.1 Å². The minimum atomic E-state index is 0. The van der Waals surface area contributed by atoms with E-state index in [1.807, 2.05) is 18.2 Å². The van der Waals surface area contributed by atoms with Crippen molar-refractivity contribution in [2.75, 3.05) is 6.54 Å². The van der Waals surface area contributed by atoms with Crippen LogP contribution in [0.15, 0.2) is 60.7 Å². The van der Waals surface area contributed by atoms with Crippen molar-refractivity contribution in [3.8, 4) is 5.75 Å². The molecule has 3 nitrogen and oxygen atoms in total. The largest absolute Gasteiger partial charge is 0.508 e. The van der Waals surface area contributed by atoms with Crippen LogP contribution in [-0.2, 0) is 6.42 Å². The van der Waals surface area contributed by atoms with Crippen LogP contribution in [0.25, 0.3) is 6.08 Å². The summed E-state index contributed by atoms with van der Waals surface area (Å²) in [6.45, 7) is 5.24. The fourth-order valence-corrected chi connectivity index (χ4v) is 2.84. The molecule has 0 unspecified atom stereocenters. The van der Waals surface area contributed by atoms with Crippen molar-refractivity contribution in [2.45, 2.75) is 38.8 Å². The van der Waals surface area contributed by atoms with Gasteiger partial charge in [-0.05, 0) is 42.0 Å². The van der Waals surface area contributed by atoms with Crippen molar-refractivity contribution in [3.05, 3.63) is 71.8 Å². The second-order valence-corrected chi connectivity index (χ2v) is 7.04. The van der Waals surface area contributed by atoms with Crippen LogP contribution in [0.4, 0.5) is 0 Å². The van der Waals surface area contributed by atoms with Crippen molar-refractivity contribution < 1.29 is 5.11 Å². The fourth-order valence-electron chi connectivity index (χ4n) is 2.84. The highest BCUT2D eigenvalue weighted by atomic mass is 35.5. The Morgan fingerprint density at radius 1 is 1.00 bits per heavy atom. The molecule has 0 aliphatic rings. The summed E-state index contributed by atoms with van der Waals surface area (Å²) in [5, 5.41) is 12.9.